The van der Waals surface area contributed by atoms with E-state index in [4.69, 9.17) is 9.47 Å². The van der Waals surface area contributed by atoms with E-state index in [0.717, 1.165) is 12.8 Å². The first-order valence-electron chi connectivity index (χ1n) is 7.71. The molecule has 3 amide bonds. The monoisotopic (exact) mass is 319 g/mol. The summed E-state index contributed by atoms with van der Waals surface area (Å²) in [4.78, 5) is 26.2. The lowest BCUT2D eigenvalue weighted by Gasteiger charge is -2.35. The Balaban J connectivity index is 1.75. The number of anilines is 1. The SMILES string of the molecule is COc1cc(NC(=O)N2CCC[C@H]3C(=O)NC[C@H]32)cc(OC)c1. The summed E-state index contributed by atoms with van der Waals surface area (Å²) in [5.74, 6) is 1.17. The Morgan fingerprint density at radius 3 is 2.61 bits per heavy atom. The van der Waals surface area contributed by atoms with Gasteiger partial charge in [-0.1, -0.05) is 0 Å². The highest BCUT2D eigenvalue weighted by Gasteiger charge is 2.42. The molecule has 1 aromatic rings. The number of likely N-dealkylation sites (tertiary alicyclic amines) is 1. The molecule has 2 aliphatic heterocycles. The van der Waals surface area contributed by atoms with Gasteiger partial charge in [0.1, 0.15) is 11.5 Å². The van der Waals surface area contributed by atoms with Crippen LogP contribution in [-0.2, 0) is 4.79 Å². The normalized spacial score (nSPS) is 23.0. The van der Waals surface area contributed by atoms with E-state index >= 15 is 0 Å². The van der Waals surface area contributed by atoms with E-state index in [1.807, 2.05) is 0 Å². The second-order valence-electron chi connectivity index (χ2n) is 5.79. The zero-order valence-corrected chi connectivity index (χ0v) is 13.3. The number of nitrogens with one attached hydrogen (secondary N) is 2. The summed E-state index contributed by atoms with van der Waals surface area (Å²) in [5.41, 5.74) is 0.602. The van der Waals surface area contributed by atoms with Crippen LogP contribution in [-0.4, -0.2) is 50.2 Å². The lowest BCUT2D eigenvalue weighted by Crippen LogP contribution is -2.50. The van der Waals surface area contributed by atoms with Crippen molar-refractivity contribution in [3.63, 3.8) is 0 Å². The van der Waals surface area contributed by atoms with Crippen molar-refractivity contribution in [3.8, 4) is 11.5 Å². The number of fused-ring (bicyclic) bond motifs is 1. The number of piperidine rings is 1. The van der Waals surface area contributed by atoms with Crippen LogP contribution in [0.2, 0.25) is 0 Å². The minimum atomic E-state index is -0.202. The number of ether oxygens (including phenoxy) is 2. The van der Waals surface area contributed by atoms with Crippen molar-refractivity contribution in [1.82, 2.24) is 10.2 Å². The molecule has 0 radical (unpaired) electrons. The molecule has 0 bridgehead atoms. The fourth-order valence-corrected chi connectivity index (χ4v) is 3.28. The van der Waals surface area contributed by atoms with Gasteiger partial charge in [-0.25, -0.2) is 4.79 Å². The molecule has 2 aliphatic rings. The van der Waals surface area contributed by atoms with Gasteiger partial charge in [-0.2, -0.15) is 0 Å². The highest BCUT2D eigenvalue weighted by molar-refractivity contribution is 5.91. The van der Waals surface area contributed by atoms with E-state index in [1.165, 1.54) is 0 Å². The van der Waals surface area contributed by atoms with Gasteiger partial charge in [0, 0.05) is 37.0 Å². The zero-order chi connectivity index (χ0) is 16.4. The number of hydrogen-bond acceptors (Lipinski definition) is 4. The van der Waals surface area contributed by atoms with Gasteiger partial charge >= 0.3 is 6.03 Å². The summed E-state index contributed by atoms with van der Waals surface area (Å²) in [6.07, 6.45) is 1.68. The van der Waals surface area contributed by atoms with Gasteiger partial charge in [0.2, 0.25) is 5.91 Å². The zero-order valence-electron chi connectivity index (χ0n) is 13.3. The molecule has 3 rings (SSSR count). The summed E-state index contributed by atoms with van der Waals surface area (Å²) >= 11 is 0. The predicted octanol–water partition coefficient (Wildman–Crippen LogP) is 1.45. The Morgan fingerprint density at radius 1 is 1.26 bits per heavy atom. The smallest absolute Gasteiger partial charge is 0.322 e. The molecule has 23 heavy (non-hydrogen) atoms. The van der Waals surface area contributed by atoms with Gasteiger partial charge in [0.05, 0.1) is 26.2 Å². The number of rotatable bonds is 3. The number of carbonyl (C=O) groups is 2. The van der Waals surface area contributed by atoms with Crippen LogP contribution in [0, 0.1) is 5.92 Å². The molecule has 2 fully saturated rings. The van der Waals surface area contributed by atoms with Crippen LogP contribution in [0.1, 0.15) is 12.8 Å². The largest absolute Gasteiger partial charge is 0.497 e. The van der Waals surface area contributed by atoms with Crippen molar-refractivity contribution in [1.29, 1.82) is 0 Å². The van der Waals surface area contributed by atoms with Crippen molar-refractivity contribution in [2.75, 3.05) is 32.6 Å². The summed E-state index contributed by atoms with van der Waals surface area (Å²) in [5, 5.41) is 5.72. The maximum Gasteiger partial charge on any atom is 0.322 e. The quantitative estimate of drug-likeness (QED) is 0.883. The minimum Gasteiger partial charge on any atom is -0.497 e. The van der Waals surface area contributed by atoms with Crippen LogP contribution in [0.15, 0.2) is 18.2 Å². The van der Waals surface area contributed by atoms with E-state index < -0.39 is 0 Å². The average Bonchev–Trinajstić information content (AvgIpc) is 2.95. The Hall–Kier alpha value is -2.44. The molecule has 2 atom stereocenters. The highest BCUT2D eigenvalue weighted by atomic mass is 16.5. The fraction of sp³-hybridized carbons (Fsp3) is 0.500. The standard InChI is InChI=1S/C16H21N3O4/c1-22-11-6-10(7-12(8-11)23-2)18-16(21)19-5-3-4-13-14(19)9-17-15(13)20/h6-8,13-14H,3-5,9H2,1-2H3,(H,17,20)(H,18,21)/t13-,14-/m1/s1. The second-order valence-corrected chi connectivity index (χ2v) is 5.79. The maximum atomic E-state index is 12.6. The predicted molar refractivity (Wildman–Crippen MR) is 84.8 cm³/mol. The molecule has 124 valence electrons. The molecule has 0 unspecified atom stereocenters. The van der Waals surface area contributed by atoms with Gasteiger partial charge in [0.15, 0.2) is 0 Å². The van der Waals surface area contributed by atoms with Crippen molar-refractivity contribution in [2.24, 2.45) is 5.92 Å². The molecule has 2 heterocycles. The van der Waals surface area contributed by atoms with E-state index in [-0.39, 0.29) is 23.9 Å². The third-order valence-corrected chi connectivity index (χ3v) is 4.46. The van der Waals surface area contributed by atoms with Gasteiger partial charge in [0.25, 0.3) is 0 Å². The molecular formula is C16H21N3O4. The van der Waals surface area contributed by atoms with Crippen LogP contribution in [0.5, 0.6) is 11.5 Å². The number of benzene rings is 1. The highest BCUT2D eigenvalue weighted by Crippen LogP contribution is 2.29. The first-order chi connectivity index (χ1) is 11.1. The number of hydrogen-bond donors (Lipinski definition) is 2. The number of methoxy groups -OCH3 is 2. The topological polar surface area (TPSA) is 79.9 Å². The van der Waals surface area contributed by atoms with E-state index in [9.17, 15) is 9.59 Å². The van der Waals surface area contributed by atoms with Crippen LogP contribution in [0.4, 0.5) is 10.5 Å². The van der Waals surface area contributed by atoms with Gasteiger partial charge < -0.3 is 25.0 Å². The van der Waals surface area contributed by atoms with Crippen molar-refractivity contribution < 1.29 is 19.1 Å². The number of carbonyl (C=O) groups excluding carboxylic acids is 2. The Bertz CT molecular complexity index is 597. The second kappa shape index (κ2) is 6.36. The Labute approximate surface area is 134 Å². The maximum absolute atomic E-state index is 12.6. The molecule has 7 nitrogen and oxygen atoms in total. The van der Waals surface area contributed by atoms with Crippen LogP contribution in [0.25, 0.3) is 0 Å². The van der Waals surface area contributed by atoms with E-state index in [0.29, 0.717) is 30.3 Å². The van der Waals surface area contributed by atoms with E-state index in [2.05, 4.69) is 10.6 Å². The lowest BCUT2D eigenvalue weighted by atomic mass is 9.92. The molecule has 7 heteroatoms. The first kappa shape index (κ1) is 15.5. The van der Waals surface area contributed by atoms with Gasteiger partial charge in [-0.3, -0.25) is 4.79 Å². The number of amides is 3. The van der Waals surface area contributed by atoms with Crippen LogP contribution in [0.3, 0.4) is 0 Å². The van der Waals surface area contributed by atoms with E-state index in [1.54, 1.807) is 37.3 Å². The summed E-state index contributed by atoms with van der Waals surface area (Å²) in [6, 6.07) is 4.95. The summed E-state index contributed by atoms with van der Waals surface area (Å²) < 4.78 is 10.4. The fourth-order valence-electron chi connectivity index (χ4n) is 3.28. The third-order valence-electron chi connectivity index (χ3n) is 4.46. The van der Waals surface area contributed by atoms with Crippen molar-refractivity contribution >= 4 is 17.6 Å². The molecule has 0 saturated carbocycles. The number of urea groups is 1. The van der Waals surface area contributed by atoms with Crippen molar-refractivity contribution in [2.45, 2.75) is 18.9 Å². The number of nitrogens with zero attached hydrogens (tertiary/aromatic N) is 1. The first-order valence-corrected chi connectivity index (χ1v) is 7.71. The minimum absolute atomic E-state index is 0.0514. The Morgan fingerprint density at radius 2 is 1.96 bits per heavy atom. The van der Waals surface area contributed by atoms with Gasteiger partial charge in [-0.05, 0) is 12.8 Å². The van der Waals surface area contributed by atoms with Crippen LogP contribution < -0.4 is 20.1 Å². The lowest BCUT2D eigenvalue weighted by molar-refractivity contribution is -0.123. The molecule has 0 aromatic heterocycles. The molecule has 2 N–H and O–H groups in total. The van der Waals surface area contributed by atoms with Gasteiger partial charge in [-0.15, -0.1) is 0 Å². The molecule has 1 aromatic carbocycles. The average molecular weight is 319 g/mol. The molecule has 2 saturated heterocycles. The summed E-state index contributed by atoms with van der Waals surface area (Å²) in [6.45, 7) is 1.18. The third kappa shape index (κ3) is 3.04. The summed E-state index contributed by atoms with van der Waals surface area (Å²) in [7, 11) is 3.12. The molecular weight excluding hydrogens is 298 g/mol. The molecule has 0 spiro atoms. The van der Waals surface area contributed by atoms with Crippen molar-refractivity contribution in [3.05, 3.63) is 18.2 Å². The van der Waals surface area contributed by atoms with Crippen LogP contribution >= 0.6 is 0 Å². The molecule has 0 aliphatic carbocycles. The Kier molecular flexibility index (Phi) is 4.27.